The molecule has 0 saturated carbocycles. The maximum absolute atomic E-state index is 11.8. The van der Waals surface area contributed by atoms with Crippen LogP contribution in [0.3, 0.4) is 0 Å². The number of nitrogens with one attached hydrogen (secondary N) is 1. The van der Waals surface area contributed by atoms with Crippen LogP contribution in [-0.2, 0) is 6.54 Å². The number of hydrogen-bond donors (Lipinski definition) is 1. The molecule has 0 bridgehead atoms. The van der Waals surface area contributed by atoms with E-state index in [0.29, 0.717) is 17.8 Å². The van der Waals surface area contributed by atoms with E-state index in [2.05, 4.69) is 10.3 Å². The van der Waals surface area contributed by atoms with Gasteiger partial charge in [-0.2, -0.15) is 5.26 Å². The van der Waals surface area contributed by atoms with Gasteiger partial charge in [-0.3, -0.25) is 4.79 Å². The van der Waals surface area contributed by atoms with Gasteiger partial charge in [-0.05, 0) is 36.1 Å². The average Bonchev–Trinajstić information content (AvgIpc) is 2.81. The molecule has 2 heterocycles. The van der Waals surface area contributed by atoms with E-state index in [9.17, 15) is 4.79 Å². The van der Waals surface area contributed by atoms with E-state index in [1.165, 1.54) is 11.8 Å². The molecule has 1 amide bonds. The molecule has 0 unspecified atom stereocenters. The van der Waals surface area contributed by atoms with Gasteiger partial charge in [0.15, 0.2) is 0 Å². The number of carbonyl (C=O) groups excluding carboxylic acids is 1. The summed E-state index contributed by atoms with van der Waals surface area (Å²) < 4.78 is 0. The van der Waals surface area contributed by atoms with Crippen molar-refractivity contribution in [3.63, 3.8) is 0 Å². The number of rotatable bonds is 3. The summed E-state index contributed by atoms with van der Waals surface area (Å²) in [6, 6.07) is 7.11. The van der Waals surface area contributed by atoms with Crippen LogP contribution in [0, 0.1) is 18.3 Å². The molecule has 0 radical (unpaired) electrons. The smallest absolute Gasteiger partial charge is 0.270 e. The number of pyridine rings is 1. The maximum Gasteiger partial charge on any atom is 0.270 e. The van der Waals surface area contributed by atoms with E-state index < -0.39 is 0 Å². The van der Waals surface area contributed by atoms with Crippen LogP contribution in [0.15, 0.2) is 29.8 Å². The fraction of sp³-hybridized carbons (Fsp3) is 0.154. The summed E-state index contributed by atoms with van der Waals surface area (Å²) in [5, 5.41) is 13.4. The molecule has 0 aliphatic carbocycles. The third kappa shape index (κ3) is 2.73. The molecule has 4 nitrogen and oxygen atoms in total. The van der Waals surface area contributed by atoms with Gasteiger partial charge in [-0.15, -0.1) is 11.3 Å². The fourth-order valence-electron chi connectivity index (χ4n) is 1.43. The van der Waals surface area contributed by atoms with Crippen LogP contribution in [0.2, 0.25) is 0 Å². The molecule has 0 aromatic carbocycles. The number of nitrogens with zero attached hydrogens (tertiary/aromatic N) is 2. The number of amides is 1. The van der Waals surface area contributed by atoms with Crippen molar-refractivity contribution >= 4 is 17.2 Å². The van der Waals surface area contributed by atoms with Gasteiger partial charge in [0.25, 0.3) is 5.91 Å². The Morgan fingerprint density at radius 3 is 2.89 bits per heavy atom. The molecule has 18 heavy (non-hydrogen) atoms. The zero-order valence-electron chi connectivity index (χ0n) is 9.80. The van der Waals surface area contributed by atoms with Crippen LogP contribution in [0.5, 0.6) is 0 Å². The lowest BCUT2D eigenvalue weighted by molar-refractivity contribution is 0.0946. The van der Waals surface area contributed by atoms with E-state index in [-0.39, 0.29) is 5.91 Å². The van der Waals surface area contributed by atoms with Crippen LogP contribution in [0.25, 0.3) is 0 Å². The summed E-state index contributed by atoms with van der Waals surface area (Å²) in [5.41, 5.74) is 1.94. The zero-order chi connectivity index (χ0) is 13.0. The quantitative estimate of drug-likeness (QED) is 0.917. The van der Waals surface area contributed by atoms with Gasteiger partial charge in [0.1, 0.15) is 11.8 Å². The number of thiophene rings is 1. The summed E-state index contributed by atoms with van der Waals surface area (Å²) in [7, 11) is 0. The third-order valence-corrected chi connectivity index (χ3v) is 3.53. The predicted octanol–water partition coefficient (Wildman–Crippen LogP) is 2.25. The minimum Gasteiger partial charge on any atom is -0.346 e. The summed E-state index contributed by atoms with van der Waals surface area (Å²) >= 11 is 1.61. The molecule has 1 N–H and O–H groups in total. The van der Waals surface area contributed by atoms with Crippen molar-refractivity contribution in [2.24, 2.45) is 0 Å². The Labute approximate surface area is 109 Å². The molecule has 0 aliphatic rings. The van der Waals surface area contributed by atoms with E-state index in [4.69, 9.17) is 5.26 Å². The topological polar surface area (TPSA) is 65.8 Å². The zero-order valence-corrected chi connectivity index (χ0v) is 10.6. The Morgan fingerprint density at radius 1 is 1.50 bits per heavy atom. The van der Waals surface area contributed by atoms with Gasteiger partial charge in [0.2, 0.25) is 0 Å². The number of aryl methyl sites for hydroxylation is 1. The Kier molecular flexibility index (Phi) is 3.70. The lowest BCUT2D eigenvalue weighted by Crippen LogP contribution is -2.23. The fourth-order valence-corrected chi connectivity index (χ4v) is 2.28. The van der Waals surface area contributed by atoms with Crippen molar-refractivity contribution in [2.75, 3.05) is 0 Å². The van der Waals surface area contributed by atoms with Crippen LogP contribution in [0.4, 0.5) is 0 Å². The van der Waals surface area contributed by atoms with E-state index >= 15 is 0 Å². The number of hydrogen-bond acceptors (Lipinski definition) is 4. The Morgan fingerprint density at radius 2 is 2.33 bits per heavy atom. The highest BCUT2D eigenvalue weighted by Crippen LogP contribution is 2.14. The van der Waals surface area contributed by atoms with Gasteiger partial charge < -0.3 is 5.32 Å². The first-order chi connectivity index (χ1) is 8.70. The SMILES string of the molecule is Cc1ccsc1CNC(=O)c1ccc(C#N)cn1. The molecule has 0 saturated heterocycles. The highest BCUT2D eigenvalue weighted by atomic mass is 32.1. The minimum absolute atomic E-state index is 0.229. The van der Waals surface area contributed by atoms with Gasteiger partial charge in [0.05, 0.1) is 12.1 Å². The molecule has 0 atom stereocenters. The second-order valence-corrected chi connectivity index (χ2v) is 4.75. The van der Waals surface area contributed by atoms with Gasteiger partial charge in [0, 0.05) is 11.1 Å². The average molecular weight is 257 g/mol. The first-order valence-corrected chi connectivity index (χ1v) is 6.26. The summed E-state index contributed by atoms with van der Waals surface area (Å²) in [5.74, 6) is -0.229. The van der Waals surface area contributed by atoms with Crippen molar-refractivity contribution in [1.29, 1.82) is 5.26 Å². The Bertz CT molecular complexity index is 595. The third-order valence-electron chi connectivity index (χ3n) is 2.50. The molecule has 2 aromatic rings. The van der Waals surface area contributed by atoms with Crippen LogP contribution < -0.4 is 5.32 Å². The monoisotopic (exact) mass is 257 g/mol. The second-order valence-electron chi connectivity index (χ2n) is 3.75. The Hall–Kier alpha value is -2.19. The molecule has 90 valence electrons. The second kappa shape index (κ2) is 5.43. The van der Waals surface area contributed by atoms with Crippen molar-refractivity contribution in [2.45, 2.75) is 13.5 Å². The molecule has 2 aromatic heterocycles. The molecule has 0 spiro atoms. The molecule has 2 rings (SSSR count). The normalized spacial score (nSPS) is 9.78. The molecular formula is C13H11N3OS. The van der Waals surface area contributed by atoms with E-state index in [1.807, 2.05) is 24.4 Å². The lowest BCUT2D eigenvalue weighted by atomic mass is 10.2. The van der Waals surface area contributed by atoms with Crippen molar-refractivity contribution in [3.8, 4) is 6.07 Å². The number of carbonyl (C=O) groups is 1. The Balaban J connectivity index is 2.00. The standard InChI is InChI=1S/C13H11N3OS/c1-9-4-5-18-12(9)8-16-13(17)11-3-2-10(6-14)7-15-11/h2-5,7H,8H2,1H3,(H,16,17). The van der Waals surface area contributed by atoms with Crippen molar-refractivity contribution in [1.82, 2.24) is 10.3 Å². The highest BCUT2D eigenvalue weighted by Gasteiger charge is 2.08. The van der Waals surface area contributed by atoms with E-state index in [1.54, 1.807) is 23.5 Å². The number of aromatic nitrogens is 1. The molecule has 0 aliphatic heterocycles. The molecular weight excluding hydrogens is 246 g/mol. The van der Waals surface area contributed by atoms with Crippen LogP contribution >= 0.6 is 11.3 Å². The summed E-state index contributed by atoms with van der Waals surface area (Å²) in [6.45, 7) is 2.52. The molecule has 0 fully saturated rings. The first-order valence-electron chi connectivity index (χ1n) is 5.38. The lowest BCUT2D eigenvalue weighted by Gasteiger charge is -2.04. The maximum atomic E-state index is 11.8. The summed E-state index contributed by atoms with van der Waals surface area (Å²) in [4.78, 5) is 16.9. The minimum atomic E-state index is -0.229. The van der Waals surface area contributed by atoms with Gasteiger partial charge in [-0.25, -0.2) is 4.98 Å². The van der Waals surface area contributed by atoms with Crippen LogP contribution in [0.1, 0.15) is 26.5 Å². The summed E-state index contributed by atoms with van der Waals surface area (Å²) in [6.07, 6.45) is 1.39. The van der Waals surface area contributed by atoms with Crippen LogP contribution in [-0.4, -0.2) is 10.9 Å². The largest absolute Gasteiger partial charge is 0.346 e. The predicted molar refractivity (Wildman–Crippen MR) is 69.2 cm³/mol. The van der Waals surface area contributed by atoms with Crippen molar-refractivity contribution < 1.29 is 4.79 Å². The van der Waals surface area contributed by atoms with Gasteiger partial charge >= 0.3 is 0 Å². The van der Waals surface area contributed by atoms with E-state index in [0.717, 1.165) is 4.88 Å². The van der Waals surface area contributed by atoms with Crippen molar-refractivity contribution in [3.05, 3.63) is 51.5 Å². The first kappa shape index (κ1) is 12.3. The molecule has 5 heteroatoms. The highest BCUT2D eigenvalue weighted by molar-refractivity contribution is 7.10. The number of nitriles is 1. The van der Waals surface area contributed by atoms with Gasteiger partial charge in [-0.1, -0.05) is 0 Å².